The molecule has 4 rings (SSSR count). The van der Waals surface area contributed by atoms with Gasteiger partial charge in [-0.15, -0.1) is 0 Å². The molecule has 2 saturated heterocycles. The number of piperazine rings is 1. The van der Waals surface area contributed by atoms with E-state index in [2.05, 4.69) is 41.8 Å². The number of rotatable bonds is 4. The SMILES string of the molecule is CCc1ccc(C2CNCCN2C(=O)c2ccc(N3CCNC3=O)cc2)cc1. The highest BCUT2D eigenvalue weighted by molar-refractivity contribution is 5.97. The number of hydrogen-bond acceptors (Lipinski definition) is 3. The Labute approximate surface area is 165 Å². The van der Waals surface area contributed by atoms with Crippen LogP contribution < -0.4 is 15.5 Å². The molecule has 0 spiro atoms. The third-order valence-electron chi connectivity index (χ3n) is 5.56. The maximum Gasteiger partial charge on any atom is 0.321 e. The number of nitrogens with zero attached hydrogens (tertiary/aromatic N) is 2. The number of carbonyl (C=O) groups is 2. The molecule has 0 saturated carbocycles. The number of urea groups is 1. The Bertz CT molecular complexity index is 848. The molecule has 2 N–H and O–H groups in total. The summed E-state index contributed by atoms with van der Waals surface area (Å²) in [4.78, 5) is 28.7. The molecule has 0 aromatic heterocycles. The zero-order chi connectivity index (χ0) is 19.5. The molecule has 2 aromatic rings. The number of hydrogen-bond donors (Lipinski definition) is 2. The molecule has 2 aliphatic rings. The lowest BCUT2D eigenvalue weighted by Crippen LogP contribution is -2.48. The molecular formula is C22H26N4O2. The summed E-state index contributed by atoms with van der Waals surface area (Å²) < 4.78 is 0. The predicted molar refractivity (Wildman–Crippen MR) is 110 cm³/mol. The van der Waals surface area contributed by atoms with Gasteiger partial charge in [-0.1, -0.05) is 31.2 Å². The fraction of sp³-hybridized carbons (Fsp3) is 0.364. The quantitative estimate of drug-likeness (QED) is 0.859. The fourth-order valence-electron chi connectivity index (χ4n) is 3.89. The third kappa shape index (κ3) is 3.60. The summed E-state index contributed by atoms with van der Waals surface area (Å²) in [5.41, 5.74) is 3.93. The van der Waals surface area contributed by atoms with Gasteiger partial charge in [0.25, 0.3) is 5.91 Å². The van der Waals surface area contributed by atoms with E-state index < -0.39 is 0 Å². The van der Waals surface area contributed by atoms with Gasteiger partial charge in [0.15, 0.2) is 0 Å². The van der Waals surface area contributed by atoms with E-state index in [1.807, 2.05) is 29.2 Å². The van der Waals surface area contributed by atoms with Gasteiger partial charge in [0.05, 0.1) is 6.04 Å². The topological polar surface area (TPSA) is 64.7 Å². The van der Waals surface area contributed by atoms with Crippen molar-refractivity contribution in [2.24, 2.45) is 0 Å². The summed E-state index contributed by atoms with van der Waals surface area (Å²) in [5, 5.41) is 6.20. The van der Waals surface area contributed by atoms with Gasteiger partial charge in [-0.05, 0) is 41.8 Å². The van der Waals surface area contributed by atoms with Crippen molar-refractivity contribution in [3.8, 4) is 0 Å². The van der Waals surface area contributed by atoms with Crippen LogP contribution in [0.4, 0.5) is 10.5 Å². The first-order valence-corrected chi connectivity index (χ1v) is 9.93. The van der Waals surface area contributed by atoms with Crippen LogP contribution in [0.15, 0.2) is 48.5 Å². The van der Waals surface area contributed by atoms with E-state index in [4.69, 9.17) is 0 Å². The molecule has 2 heterocycles. The lowest BCUT2D eigenvalue weighted by atomic mass is 10.00. The average molecular weight is 378 g/mol. The lowest BCUT2D eigenvalue weighted by molar-refractivity contribution is 0.0634. The third-order valence-corrected chi connectivity index (χ3v) is 5.56. The second-order valence-corrected chi connectivity index (χ2v) is 7.24. The van der Waals surface area contributed by atoms with Crippen LogP contribution in [0.3, 0.4) is 0 Å². The minimum Gasteiger partial charge on any atom is -0.336 e. The minimum absolute atomic E-state index is 0.0243. The van der Waals surface area contributed by atoms with Crippen molar-refractivity contribution < 1.29 is 9.59 Å². The molecular weight excluding hydrogens is 352 g/mol. The second kappa shape index (κ2) is 8.02. The normalized spacial score (nSPS) is 19.6. The Balaban J connectivity index is 1.53. The number of anilines is 1. The lowest BCUT2D eigenvalue weighted by Gasteiger charge is -2.36. The van der Waals surface area contributed by atoms with Gasteiger partial charge >= 0.3 is 6.03 Å². The average Bonchev–Trinajstić information content (AvgIpc) is 3.19. The van der Waals surface area contributed by atoms with Gasteiger partial charge in [-0.2, -0.15) is 0 Å². The van der Waals surface area contributed by atoms with Gasteiger partial charge in [-0.25, -0.2) is 4.79 Å². The van der Waals surface area contributed by atoms with Crippen molar-refractivity contribution in [1.29, 1.82) is 0 Å². The summed E-state index contributed by atoms with van der Waals surface area (Å²) >= 11 is 0. The minimum atomic E-state index is -0.0863. The van der Waals surface area contributed by atoms with Crippen LogP contribution >= 0.6 is 0 Å². The van der Waals surface area contributed by atoms with E-state index in [9.17, 15) is 9.59 Å². The van der Waals surface area contributed by atoms with E-state index in [-0.39, 0.29) is 18.0 Å². The molecule has 2 aliphatic heterocycles. The van der Waals surface area contributed by atoms with Gasteiger partial charge in [0.2, 0.25) is 0 Å². The molecule has 6 nitrogen and oxygen atoms in total. The summed E-state index contributed by atoms with van der Waals surface area (Å²) in [6.07, 6.45) is 1.01. The first kappa shape index (κ1) is 18.5. The van der Waals surface area contributed by atoms with Crippen molar-refractivity contribution in [2.45, 2.75) is 19.4 Å². The van der Waals surface area contributed by atoms with Crippen molar-refractivity contribution in [3.63, 3.8) is 0 Å². The largest absolute Gasteiger partial charge is 0.336 e. The van der Waals surface area contributed by atoms with Crippen LogP contribution in [0, 0.1) is 0 Å². The zero-order valence-electron chi connectivity index (χ0n) is 16.1. The van der Waals surface area contributed by atoms with Crippen molar-refractivity contribution in [1.82, 2.24) is 15.5 Å². The first-order valence-electron chi connectivity index (χ1n) is 9.93. The number of amides is 3. The van der Waals surface area contributed by atoms with Crippen LogP contribution in [0.2, 0.25) is 0 Å². The molecule has 2 aromatic carbocycles. The number of aryl methyl sites for hydroxylation is 1. The summed E-state index contributed by atoms with van der Waals surface area (Å²) in [7, 11) is 0. The highest BCUT2D eigenvalue weighted by Gasteiger charge is 2.29. The zero-order valence-corrected chi connectivity index (χ0v) is 16.1. The summed E-state index contributed by atoms with van der Waals surface area (Å²) in [5.74, 6) is 0.0310. The Kier molecular flexibility index (Phi) is 5.30. The predicted octanol–water partition coefficient (Wildman–Crippen LogP) is 2.57. The van der Waals surface area contributed by atoms with Crippen molar-refractivity contribution in [3.05, 3.63) is 65.2 Å². The summed E-state index contributed by atoms with van der Waals surface area (Å²) in [6, 6.07) is 15.8. The maximum absolute atomic E-state index is 13.2. The molecule has 146 valence electrons. The highest BCUT2D eigenvalue weighted by atomic mass is 16.2. The smallest absolute Gasteiger partial charge is 0.321 e. The van der Waals surface area contributed by atoms with Crippen LogP contribution in [0.1, 0.15) is 34.5 Å². The van der Waals surface area contributed by atoms with Gasteiger partial charge in [0, 0.05) is 44.0 Å². The molecule has 28 heavy (non-hydrogen) atoms. The van der Waals surface area contributed by atoms with E-state index in [1.165, 1.54) is 5.56 Å². The number of carbonyl (C=O) groups excluding carboxylic acids is 2. The Hall–Kier alpha value is -2.86. The summed E-state index contributed by atoms with van der Waals surface area (Å²) in [6.45, 7) is 5.67. The first-order chi connectivity index (χ1) is 13.7. The maximum atomic E-state index is 13.2. The van der Waals surface area contributed by atoms with Crippen molar-refractivity contribution >= 4 is 17.6 Å². The highest BCUT2D eigenvalue weighted by Crippen LogP contribution is 2.26. The number of nitrogens with one attached hydrogen (secondary N) is 2. The Morgan fingerprint density at radius 2 is 1.79 bits per heavy atom. The number of benzene rings is 2. The van der Waals surface area contributed by atoms with Crippen molar-refractivity contribution in [2.75, 3.05) is 37.6 Å². The molecule has 1 atom stereocenters. The monoisotopic (exact) mass is 378 g/mol. The Morgan fingerprint density at radius 3 is 2.43 bits per heavy atom. The van der Waals surface area contributed by atoms with Gasteiger partial charge in [0.1, 0.15) is 0 Å². The molecule has 2 fully saturated rings. The van der Waals surface area contributed by atoms with Crippen LogP contribution in [0.5, 0.6) is 0 Å². The molecule has 0 radical (unpaired) electrons. The van der Waals surface area contributed by atoms with Crippen LogP contribution in [-0.4, -0.2) is 49.6 Å². The van der Waals surface area contributed by atoms with E-state index in [0.29, 0.717) is 25.2 Å². The Morgan fingerprint density at radius 1 is 1.04 bits per heavy atom. The molecule has 1 unspecified atom stereocenters. The second-order valence-electron chi connectivity index (χ2n) is 7.24. The molecule has 3 amide bonds. The van der Waals surface area contributed by atoms with E-state index in [1.54, 1.807) is 4.90 Å². The van der Waals surface area contributed by atoms with Gasteiger partial charge in [-0.3, -0.25) is 9.69 Å². The fourth-order valence-corrected chi connectivity index (χ4v) is 3.89. The van der Waals surface area contributed by atoms with Crippen LogP contribution in [0.25, 0.3) is 0 Å². The van der Waals surface area contributed by atoms with E-state index >= 15 is 0 Å². The standard InChI is InChI=1S/C22H26N4O2/c1-2-16-3-5-17(6-4-16)20-15-23-11-13-26(20)21(27)18-7-9-19(10-8-18)25-14-12-24-22(25)28/h3-10,20,23H,2,11-15H2,1H3,(H,24,28). The molecule has 0 bridgehead atoms. The van der Waals surface area contributed by atoms with Gasteiger partial charge < -0.3 is 15.5 Å². The van der Waals surface area contributed by atoms with Crippen LogP contribution in [-0.2, 0) is 6.42 Å². The van der Waals surface area contributed by atoms with E-state index in [0.717, 1.165) is 30.8 Å². The molecule has 6 heteroatoms. The molecule has 0 aliphatic carbocycles.